The van der Waals surface area contributed by atoms with E-state index in [0.29, 0.717) is 22.8 Å². The molecule has 0 aliphatic heterocycles. The van der Waals surface area contributed by atoms with E-state index in [1.807, 2.05) is 13.8 Å². The molecule has 1 N–H and O–H groups in total. The lowest BCUT2D eigenvalue weighted by atomic mass is 9.90. The van der Waals surface area contributed by atoms with Crippen LogP contribution in [0.15, 0.2) is 36.4 Å². The van der Waals surface area contributed by atoms with E-state index >= 15 is 0 Å². The zero-order chi connectivity index (χ0) is 14.9. The maximum atomic E-state index is 12.9. The van der Waals surface area contributed by atoms with E-state index < -0.39 is 12.3 Å². The Morgan fingerprint density at radius 1 is 1.05 bits per heavy atom. The van der Waals surface area contributed by atoms with Crippen molar-refractivity contribution < 1.29 is 18.3 Å². The number of rotatable bonds is 3. The van der Waals surface area contributed by atoms with Crippen LogP contribution in [0, 0.1) is 5.92 Å². The lowest BCUT2D eigenvalue weighted by Gasteiger charge is -2.21. The third-order valence-corrected chi connectivity index (χ3v) is 3.27. The molecule has 0 radical (unpaired) electrons. The van der Waals surface area contributed by atoms with Crippen molar-refractivity contribution in [2.75, 3.05) is 0 Å². The summed E-state index contributed by atoms with van der Waals surface area (Å²) in [5, 5.41) is 10.9. The summed E-state index contributed by atoms with van der Waals surface area (Å²) in [5.41, 5.74) is 0.549. The molecule has 108 valence electrons. The topological polar surface area (TPSA) is 20.2 Å². The number of aliphatic hydroxyl groups is 1. The van der Waals surface area contributed by atoms with E-state index in [-0.39, 0.29) is 11.5 Å². The van der Waals surface area contributed by atoms with Gasteiger partial charge in [-0.3, -0.25) is 0 Å². The largest absolute Gasteiger partial charge is 0.418 e. The number of hydrogen-bond donors (Lipinski definition) is 1. The number of aliphatic hydroxyl groups excluding tert-OH is 1. The monoisotopic (exact) mass is 282 g/mol. The molecule has 4 heteroatoms. The highest BCUT2D eigenvalue weighted by atomic mass is 19.4. The summed E-state index contributed by atoms with van der Waals surface area (Å²) in [4.78, 5) is 0. The van der Waals surface area contributed by atoms with E-state index in [4.69, 9.17) is 0 Å². The van der Waals surface area contributed by atoms with E-state index in [1.54, 1.807) is 36.4 Å². The number of alkyl halides is 3. The average Bonchev–Trinajstić information content (AvgIpc) is 2.36. The first kappa shape index (κ1) is 14.9. The van der Waals surface area contributed by atoms with E-state index in [9.17, 15) is 18.3 Å². The van der Waals surface area contributed by atoms with Gasteiger partial charge in [0.15, 0.2) is 6.10 Å². The van der Waals surface area contributed by atoms with Crippen LogP contribution in [-0.4, -0.2) is 11.3 Å². The molecule has 2 aromatic rings. The second-order valence-electron chi connectivity index (χ2n) is 5.40. The molecule has 20 heavy (non-hydrogen) atoms. The number of benzene rings is 2. The maximum absolute atomic E-state index is 12.9. The van der Waals surface area contributed by atoms with Gasteiger partial charge in [0.05, 0.1) is 0 Å². The van der Waals surface area contributed by atoms with Gasteiger partial charge in [-0.2, -0.15) is 13.2 Å². The second kappa shape index (κ2) is 5.44. The summed E-state index contributed by atoms with van der Waals surface area (Å²) in [5.74, 6) is 0.218. The van der Waals surface area contributed by atoms with Crippen molar-refractivity contribution in [3.05, 3.63) is 47.5 Å². The van der Waals surface area contributed by atoms with E-state index in [1.165, 1.54) is 0 Å². The standard InChI is InChI=1S/C16H17F3O/c1-10(2)9-12-8-7-11-5-3-4-6-13(11)14(12)15(20)16(17,18)19/h3-8,10,15,20H,9H2,1-2H3. The van der Waals surface area contributed by atoms with Crippen LogP contribution < -0.4 is 0 Å². The third-order valence-electron chi connectivity index (χ3n) is 3.27. The molecule has 0 aliphatic rings. The number of hydrogen-bond acceptors (Lipinski definition) is 1. The molecular weight excluding hydrogens is 265 g/mol. The van der Waals surface area contributed by atoms with Gasteiger partial charge in [0, 0.05) is 5.56 Å². The Morgan fingerprint density at radius 3 is 2.30 bits per heavy atom. The van der Waals surface area contributed by atoms with Crippen LogP contribution in [-0.2, 0) is 6.42 Å². The lowest BCUT2D eigenvalue weighted by molar-refractivity contribution is -0.206. The van der Waals surface area contributed by atoms with Crippen molar-refractivity contribution in [2.24, 2.45) is 5.92 Å². The SMILES string of the molecule is CC(C)Cc1ccc2ccccc2c1C(O)C(F)(F)F. The van der Waals surface area contributed by atoms with Gasteiger partial charge in [-0.1, -0.05) is 50.2 Å². The fraction of sp³-hybridized carbons (Fsp3) is 0.375. The zero-order valence-corrected chi connectivity index (χ0v) is 11.4. The Morgan fingerprint density at radius 2 is 1.70 bits per heavy atom. The molecule has 1 atom stereocenters. The smallest absolute Gasteiger partial charge is 0.379 e. The quantitative estimate of drug-likeness (QED) is 0.870. The van der Waals surface area contributed by atoms with Crippen LogP contribution in [0.4, 0.5) is 13.2 Å². The van der Waals surface area contributed by atoms with Gasteiger partial charge in [-0.05, 0) is 28.7 Å². The molecule has 1 unspecified atom stereocenters. The predicted molar refractivity (Wildman–Crippen MR) is 73.5 cm³/mol. The average molecular weight is 282 g/mol. The minimum absolute atomic E-state index is 0.00991. The van der Waals surface area contributed by atoms with Gasteiger partial charge in [0.1, 0.15) is 0 Å². The molecule has 0 amide bonds. The van der Waals surface area contributed by atoms with Gasteiger partial charge < -0.3 is 5.11 Å². The van der Waals surface area contributed by atoms with Gasteiger partial charge in [0.25, 0.3) is 0 Å². The Labute approximate surface area is 116 Å². The van der Waals surface area contributed by atoms with E-state index in [0.717, 1.165) is 0 Å². The van der Waals surface area contributed by atoms with Crippen molar-refractivity contribution in [3.63, 3.8) is 0 Å². The van der Waals surface area contributed by atoms with Crippen LogP contribution in [0.5, 0.6) is 0 Å². The summed E-state index contributed by atoms with van der Waals surface area (Å²) in [6, 6.07) is 10.3. The van der Waals surface area contributed by atoms with Crippen molar-refractivity contribution in [2.45, 2.75) is 32.5 Å². The fourth-order valence-corrected chi connectivity index (χ4v) is 2.45. The second-order valence-corrected chi connectivity index (χ2v) is 5.40. The Bertz CT molecular complexity index is 602. The molecular formula is C16H17F3O. The van der Waals surface area contributed by atoms with Crippen LogP contribution in [0.3, 0.4) is 0 Å². The third kappa shape index (κ3) is 2.96. The van der Waals surface area contributed by atoms with Crippen LogP contribution in [0.2, 0.25) is 0 Å². The predicted octanol–water partition coefficient (Wildman–Crippen LogP) is 4.63. The summed E-state index contributed by atoms with van der Waals surface area (Å²) in [6.07, 6.45) is -6.59. The molecule has 0 bridgehead atoms. The summed E-state index contributed by atoms with van der Waals surface area (Å²) < 4.78 is 38.8. The molecule has 0 fully saturated rings. The molecule has 2 rings (SSSR count). The molecule has 0 saturated heterocycles. The summed E-state index contributed by atoms with van der Waals surface area (Å²) in [7, 11) is 0. The molecule has 0 aromatic heterocycles. The fourth-order valence-electron chi connectivity index (χ4n) is 2.45. The first-order chi connectivity index (χ1) is 9.30. The highest BCUT2D eigenvalue weighted by Gasteiger charge is 2.41. The molecule has 1 nitrogen and oxygen atoms in total. The van der Waals surface area contributed by atoms with Crippen molar-refractivity contribution in [1.82, 2.24) is 0 Å². The van der Waals surface area contributed by atoms with Crippen LogP contribution in [0.1, 0.15) is 31.1 Å². The summed E-state index contributed by atoms with van der Waals surface area (Å²) >= 11 is 0. The number of halogens is 3. The minimum Gasteiger partial charge on any atom is -0.379 e. The van der Waals surface area contributed by atoms with Crippen molar-refractivity contribution >= 4 is 10.8 Å². The molecule has 0 heterocycles. The zero-order valence-electron chi connectivity index (χ0n) is 11.4. The molecule has 0 aliphatic carbocycles. The Hall–Kier alpha value is -1.55. The summed E-state index contributed by atoms with van der Waals surface area (Å²) in [6.45, 7) is 3.89. The van der Waals surface area contributed by atoms with Crippen LogP contribution in [0.25, 0.3) is 10.8 Å². The van der Waals surface area contributed by atoms with E-state index in [2.05, 4.69) is 0 Å². The molecule has 0 saturated carbocycles. The normalized spacial score (nSPS) is 13.9. The van der Waals surface area contributed by atoms with Crippen molar-refractivity contribution in [3.8, 4) is 0 Å². The minimum atomic E-state index is -4.66. The molecule has 2 aromatic carbocycles. The van der Waals surface area contributed by atoms with Gasteiger partial charge in [-0.15, -0.1) is 0 Å². The van der Waals surface area contributed by atoms with Crippen LogP contribution >= 0.6 is 0 Å². The first-order valence-corrected chi connectivity index (χ1v) is 6.56. The Balaban J connectivity index is 2.67. The maximum Gasteiger partial charge on any atom is 0.418 e. The van der Waals surface area contributed by atoms with Gasteiger partial charge in [-0.25, -0.2) is 0 Å². The van der Waals surface area contributed by atoms with Gasteiger partial charge >= 0.3 is 6.18 Å². The Kier molecular flexibility index (Phi) is 4.04. The highest BCUT2D eigenvalue weighted by molar-refractivity contribution is 5.87. The lowest BCUT2D eigenvalue weighted by Crippen LogP contribution is -2.22. The van der Waals surface area contributed by atoms with Gasteiger partial charge in [0.2, 0.25) is 0 Å². The first-order valence-electron chi connectivity index (χ1n) is 6.56. The molecule has 0 spiro atoms. The highest BCUT2D eigenvalue weighted by Crippen LogP contribution is 2.38. The van der Waals surface area contributed by atoms with Crippen molar-refractivity contribution in [1.29, 1.82) is 0 Å². The number of fused-ring (bicyclic) bond motifs is 1.